The van der Waals surface area contributed by atoms with E-state index in [0.717, 1.165) is 6.42 Å². The van der Waals surface area contributed by atoms with E-state index in [9.17, 15) is 9.59 Å². The highest BCUT2D eigenvalue weighted by Gasteiger charge is 2.09. The second kappa shape index (κ2) is 8.16. The number of hydrogen-bond acceptors (Lipinski definition) is 4. The lowest BCUT2D eigenvalue weighted by Crippen LogP contribution is -2.29. The number of carboxylic acids is 1. The summed E-state index contributed by atoms with van der Waals surface area (Å²) in [6.07, 6.45) is 2.06. The van der Waals surface area contributed by atoms with Crippen LogP contribution in [0.4, 0.5) is 0 Å². The highest BCUT2D eigenvalue weighted by Crippen LogP contribution is 1.94. The van der Waals surface area contributed by atoms with Gasteiger partial charge < -0.3 is 15.7 Å². The third-order valence-corrected chi connectivity index (χ3v) is 2.11. The summed E-state index contributed by atoms with van der Waals surface area (Å²) < 4.78 is 0. The quantitative estimate of drug-likeness (QED) is 0.440. The number of hydrogen-bond donors (Lipinski definition) is 3. The smallest absolute Gasteiger partial charge is 0.305 e. The number of rotatable bonds is 7. The molecular weight excluding hydrogens is 222 g/mol. The number of amides is 1. The minimum absolute atomic E-state index is 0.0104. The topological polar surface area (TPSA) is 102 Å². The van der Waals surface area contributed by atoms with Crippen molar-refractivity contribution >= 4 is 11.9 Å². The van der Waals surface area contributed by atoms with Crippen LogP contribution in [-0.4, -0.2) is 29.6 Å². The van der Waals surface area contributed by atoms with Gasteiger partial charge in [0.1, 0.15) is 11.6 Å². The summed E-state index contributed by atoms with van der Waals surface area (Å²) in [4.78, 5) is 21.7. The van der Waals surface area contributed by atoms with Crippen molar-refractivity contribution in [1.82, 2.24) is 10.6 Å². The van der Waals surface area contributed by atoms with Crippen LogP contribution in [0.15, 0.2) is 11.8 Å². The molecular formula is C11H17N3O3. The Labute approximate surface area is 100 Å². The zero-order chi connectivity index (χ0) is 13.3. The summed E-state index contributed by atoms with van der Waals surface area (Å²) in [7, 11) is 0. The van der Waals surface area contributed by atoms with Crippen LogP contribution in [0.3, 0.4) is 0 Å². The fourth-order valence-corrected chi connectivity index (χ4v) is 0.870. The molecule has 0 fully saturated rings. The van der Waals surface area contributed by atoms with Gasteiger partial charge >= 0.3 is 5.97 Å². The molecule has 1 unspecified atom stereocenters. The van der Waals surface area contributed by atoms with Crippen molar-refractivity contribution in [1.29, 1.82) is 5.26 Å². The fourth-order valence-electron chi connectivity index (χ4n) is 0.870. The van der Waals surface area contributed by atoms with E-state index in [1.807, 2.05) is 13.8 Å². The fraction of sp³-hybridized carbons (Fsp3) is 0.545. The van der Waals surface area contributed by atoms with Gasteiger partial charge in [-0.3, -0.25) is 9.59 Å². The maximum absolute atomic E-state index is 11.4. The molecule has 0 heterocycles. The number of nitrogens with one attached hydrogen (secondary N) is 2. The SMILES string of the molecule is CCC(C)N/C=C(/C#N)C(=O)NCCC(=O)O. The van der Waals surface area contributed by atoms with E-state index in [-0.39, 0.29) is 24.6 Å². The van der Waals surface area contributed by atoms with Crippen LogP contribution >= 0.6 is 0 Å². The molecule has 1 atom stereocenters. The van der Waals surface area contributed by atoms with Crippen molar-refractivity contribution in [3.63, 3.8) is 0 Å². The maximum Gasteiger partial charge on any atom is 0.305 e. The molecule has 0 aliphatic heterocycles. The Hall–Kier alpha value is -2.03. The minimum Gasteiger partial charge on any atom is -0.481 e. The van der Waals surface area contributed by atoms with Gasteiger partial charge in [-0.1, -0.05) is 6.92 Å². The Morgan fingerprint density at radius 1 is 1.53 bits per heavy atom. The van der Waals surface area contributed by atoms with E-state index in [4.69, 9.17) is 10.4 Å². The van der Waals surface area contributed by atoms with Gasteiger partial charge in [-0.15, -0.1) is 0 Å². The van der Waals surface area contributed by atoms with Crippen molar-refractivity contribution in [3.05, 3.63) is 11.8 Å². The molecule has 0 aromatic rings. The van der Waals surface area contributed by atoms with E-state index in [0.29, 0.717) is 0 Å². The second-order valence-corrected chi connectivity index (χ2v) is 3.55. The largest absolute Gasteiger partial charge is 0.481 e. The average molecular weight is 239 g/mol. The van der Waals surface area contributed by atoms with Gasteiger partial charge in [-0.25, -0.2) is 0 Å². The Bertz CT molecular complexity index is 344. The highest BCUT2D eigenvalue weighted by molar-refractivity contribution is 5.97. The molecule has 0 aromatic carbocycles. The van der Waals surface area contributed by atoms with Crippen LogP contribution < -0.4 is 10.6 Å². The van der Waals surface area contributed by atoms with Crippen molar-refractivity contribution in [3.8, 4) is 6.07 Å². The molecule has 0 rings (SSSR count). The first-order chi connectivity index (χ1) is 8.01. The number of aliphatic carboxylic acids is 1. The van der Waals surface area contributed by atoms with Crippen molar-refractivity contribution in [2.24, 2.45) is 0 Å². The minimum atomic E-state index is -0.995. The lowest BCUT2D eigenvalue weighted by Gasteiger charge is -2.08. The summed E-state index contributed by atoms with van der Waals surface area (Å²) in [5.74, 6) is -1.56. The van der Waals surface area contributed by atoms with Crippen LogP contribution in [0, 0.1) is 11.3 Å². The molecule has 94 valence electrons. The molecule has 0 saturated carbocycles. The predicted molar refractivity (Wildman–Crippen MR) is 61.8 cm³/mol. The molecule has 0 aliphatic rings. The molecule has 0 aromatic heterocycles. The Kier molecular flexibility index (Phi) is 7.19. The molecule has 0 spiro atoms. The first kappa shape index (κ1) is 15.0. The number of nitriles is 1. The van der Waals surface area contributed by atoms with Crippen molar-refractivity contribution in [2.45, 2.75) is 32.7 Å². The van der Waals surface area contributed by atoms with Gasteiger partial charge in [0.15, 0.2) is 0 Å². The summed E-state index contributed by atoms with van der Waals surface area (Å²) in [5.41, 5.74) is -0.0595. The standard InChI is InChI=1S/C11H17N3O3/c1-3-8(2)14-7-9(6-12)11(17)13-5-4-10(15)16/h7-8,14H,3-5H2,1-2H3,(H,13,17)(H,15,16)/b9-7-. The van der Waals surface area contributed by atoms with Gasteiger partial charge in [0.25, 0.3) is 5.91 Å². The van der Waals surface area contributed by atoms with E-state index in [1.54, 1.807) is 6.07 Å². The van der Waals surface area contributed by atoms with E-state index in [2.05, 4.69) is 10.6 Å². The monoisotopic (exact) mass is 239 g/mol. The Balaban J connectivity index is 4.22. The van der Waals surface area contributed by atoms with E-state index in [1.165, 1.54) is 6.20 Å². The Morgan fingerprint density at radius 3 is 2.65 bits per heavy atom. The average Bonchev–Trinajstić information content (AvgIpc) is 2.28. The van der Waals surface area contributed by atoms with Crippen LogP contribution in [-0.2, 0) is 9.59 Å². The summed E-state index contributed by atoms with van der Waals surface area (Å²) in [5, 5.41) is 22.4. The molecule has 6 heteroatoms. The lowest BCUT2D eigenvalue weighted by atomic mass is 10.2. The van der Waals surface area contributed by atoms with Crippen LogP contribution in [0.25, 0.3) is 0 Å². The van der Waals surface area contributed by atoms with Gasteiger partial charge in [-0.05, 0) is 13.3 Å². The van der Waals surface area contributed by atoms with Gasteiger partial charge in [0.2, 0.25) is 0 Å². The first-order valence-corrected chi connectivity index (χ1v) is 5.37. The van der Waals surface area contributed by atoms with E-state index >= 15 is 0 Å². The highest BCUT2D eigenvalue weighted by atomic mass is 16.4. The zero-order valence-corrected chi connectivity index (χ0v) is 9.99. The summed E-state index contributed by atoms with van der Waals surface area (Å²) in [6.45, 7) is 3.91. The normalized spacial score (nSPS) is 12.4. The lowest BCUT2D eigenvalue weighted by molar-refractivity contribution is -0.136. The second-order valence-electron chi connectivity index (χ2n) is 3.55. The molecule has 0 radical (unpaired) electrons. The molecule has 0 bridgehead atoms. The molecule has 17 heavy (non-hydrogen) atoms. The van der Waals surface area contributed by atoms with Gasteiger partial charge in [-0.2, -0.15) is 5.26 Å². The van der Waals surface area contributed by atoms with Gasteiger partial charge in [0.05, 0.1) is 6.42 Å². The number of carbonyl (C=O) groups is 2. The molecule has 0 aliphatic carbocycles. The van der Waals surface area contributed by atoms with E-state index < -0.39 is 11.9 Å². The third kappa shape index (κ3) is 6.95. The van der Waals surface area contributed by atoms with Crippen LogP contribution in [0.2, 0.25) is 0 Å². The van der Waals surface area contributed by atoms with Crippen molar-refractivity contribution in [2.75, 3.05) is 6.54 Å². The van der Waals surface area contributed by atoms with Crippen LogP contribution in [0.1, 0.15) is 26.7 Å². The zero-order valence-electron chi connectivity index (χ0n) is 9.99. The molecule has 3 N–H and O–H groups in total. The summed E-state index contributed by atoms with van der Waals surface area (Å²) >= 11 is 0. The first-order valence-electron chi connectivity index (χ1n) is 5.37. The van der Waals surface area contributed by atoms with Crippen molar-refractivity contribution < 1.29 is 14.7 Å². The summed E-state index contributed by atoms with van der Waals surface area (Å²) in [6, 6.07) is 1.93. The maximum atomic E-state index is 11.4. The van der Waals surface area contributed by atoms with Gasteiger partial charge in [0, 0.05) is 18.8 Å². The number of carboxylic acid groups (broad SMARTS) is 1. The third-order valence-electron chi connectivity index (χ3n) is 2.11. The predicted octanol–water partition coefficient (Wildman–Crippen LogP) is 0.373. The Morgan fingerprint density at radius 2 is 2.18 bits per heavy atom. The number of carbonyl (C=O) groups excluding carboxylic acids is 1. The number of nitrogens with zero attached hydrogens (tertiary/aromatic N) is 1. The molecule has 6 nitrogen and oxygen atoms in total. The van der Waals surface area contributed by atoms with Crippen LogP contribution in [0.5, 0.6) is 0 Å². The molecule has 1 amide bonds. The molecule has 0 saturated heterocycles.